The molecule has 13 heteroatoms. The predicted octanol–water partition coefficient (Wildman–Crippen LogP) is 6.53. The molecule has 1 aliphatic heterocycles. The molecule has 254 valence electrons. The van der Waals surface area contributed by atoms with Crippen LogP contribution in [0.2, 0.25) is 5.02 Å². The van der Waals surface area contributed by atoms with E-state index in [0.29, 0.717) is 52.3 Å². The molecule has 49 heavy (non-hydrogen) atoms. The average Bonchev–Trinajstić information content (AvgIpc) is 3.65. The van der Waals surface area contributed by atoms with Gasteiger partial charge in [0.15, 0.2) is 0 Å². The fraction of sp³-hybridized carbons (Fsp3) is 0.333. The van der Waals surface area contributed by atoms with Gasteiger partial charge in [-0.3, -0.25) is 9.36 Å². The predicted molar refractivity (Wildman–Crippen MR) is 194 cm³/mol. The first kappa shape index (κ1) is 33.8. The Hall–Kier alpha value is -5.07. The molecule has 1 fully saturated rings. The van der Waals surface area contributed by atoms with E-state index in [1.165, 1.54) is 10.6 Å². The molecule has 0 radical (unpaired) electrons. The fourth-order valence-electron chi connectivity index (χ4n) is 5.81. The van der Waals surface area contributed by atoms with Crippen LogP contribution < -0.4 is 15.5 Å². The SMILES string of the molecule is Cc1nc(N2CCC(Nc3ncc(Cl)c(-c4cn(C(=O)OC(C)(C)C)c5ccccc45)n3)C2)c2ccc(NC(=O)C=CCN(C)C)cc2n1. The Labute approximate surface area is 290 Å². The normalized spacial score (nSPS) is 15.1. The van der Waals surface area contributed by atoms with Crippen molar-refractivity contribution in [1.82, 2.24) is 29.4 Å². The van der Waals surface area contributed by atoms with Crippen molar-refractivity contribution in [2.24, 2.45) is 0 Å². The Balaban J connectivity index is 1.20. The van der Waals surface area contributed by atoms with Gasteiger partial charge < -0.3 is 25.2 Å². The van der Waals surface area contributed by atoms with Gasteiger partial charge in [0, 0.05) is 60.0 Å². The second-order valence-corrected chi connectivity index (χ2v) is 13.8. The lowest BCUT2D eigenvalue weighted by Crippen LogP contribution is -2.27. The van der Waals surface area contributed by atoms with E-state index in [-0.39, 0.29) is 11.9 Å². The standard InChI is InChI=1S/C36H40ClN9O3/c1-22-39-29-18-23(41-31(47)12-9-16-44(5)6)13-14-26(29)33(40-22)45-17-15-24(20-45)42-34-38-19-28(37)32(43-34)27-21-46(35(48)49-36(2,3)4)30-11-8-7-10-25(27)30/h7-14,18-19,21,24H,15-17,20H2,1-6H3,(H,41,47)(H,38,42,43). The lowest BCUT2D eigenvalue weighted by molar-refractivity contribution is -0.111. The number of aromatic nitrogens is 5. The fourth-order valence-corrected chi connectivity index (χ4v) is 6.00. The minimum Gasteiger partial charge on any atom is -0.443 e. The third kappa shape index (κ3) is 7.82. The van der Waals surface area contributed by atoms with Gasteiger partial charge in [0.1, 0.15) is 17.2 Å². The summed E-state index contributed by atoms with van der Waals surface area (Å²) < 4.78 is 7.15. The van der Waals surface area contributed by atoms with Crippen molar-refractivity contribution in [2.75, 3.05) is 49.3 Å². The first-order chi connectivity index (χ1) is 23.3. The number of carbonyl (C=O) groups is 2. The summed E-state index contributed by atoms with van der Waals surface area (Å²) in [6, 6.07) is 13.3. The van der Waals surface area contributed by atoms with Gasteiger partial charge in [-0.25, -0.2) is 24.7 Å². The van der Waals surface area contributed by atoms with E-state index in [0.717, 1.165) is 35.1 Å². The first-order valence-electron chi connectivity index (χ1n) is 16.1. The lowest BCUT2D eigenvalue weighted by Gasteiger charge is -2.20. The van der Waals surface area contributed by atoms with Crippen molar-refractivity contribution in [1.29, 1.82) is 0 Å². The van der Waals surface area contributed by atoms with E-state index in [2.05, 4.69) is 25.5 Å². The number of hydrogen-bond donors (Lipinski definition) is 2. The minimum atomic E-state index is -0.651. The smallest absolute Gasteiger partial charge is 0.419 e. The van der Waals surface area contributed by atoms with Crippen LogP contribution in [-0.4, -0.2) is 86.8 Å². The maximum Gasteiger partial charge on any atom is 0.419 e. The van der Waals surface area contributed by atoms with E-state index >= 15 is 0 Å². The van der Waals surface area contributed by atoms with Crippen LogP contribution in [0.3, 0.4) is 0 Å². The van der Waals surface area contributed by atoms with Crippen molar-refractivity contribution >= 4 is 62.9 Å². The Kier molecular flexibility index (Phi) is 9.53. The van der Waals surface area contributed by atoms with E-state index in [4.69, 9.17) is 26.3 Å². The van der Waals surface area contributed by atoms with Crippen LogP contribution >= 0.6 is 11.6 Å². The maximum absolute atomic E-state index is 13.1. The number of rotatable bonds is 8. The van der Waals surface area contributed by atoms with Crippen LogP contribution in [-0.2, 0) is 9.53 Å². The second-order valence-electron chi connectivity index (χ2n) is 13.4. The molecule has 4 heterocycles. The van der Waals surface area contributed by atoms with Crippen LogP contribution in [0.15, 0.2) is 67.0 Å². The van der Waals surface area contributed by atoms with Gasteiger partial charge in [-0.15, -0.1) is 0 Å². The highest BCUT2D eigenvalue weighted by molar-refractivity contribution is 6.33. The van der Waals surface area contributed by atoms with E-state index < -0.39 is 11.7 Å². The zero-order chi connectivity index (χ0) is 34.9. The molecule has 1 unspecified atom stereocenters. The van der Waals surface area contributed by atoms with E-state index in [1.54, 1.807) is 12.4 Å². The Morgan fingerprint density at radius 2 is 1.90 bits per heavy atom. The molecule has 1 saturated heterocycles. The molecular formula is C36H40ClN9O3. The zero-order valence-corrected chi connectivity index (χ0v) is 29.2. The Bertz CT molecular complexity index is 2070. The molecule has 12 nitrogen and oxygen atoms in total. The van der Waals surface area contributed by atoms with Gasteiger partial charge in [0.25, 0.3) is 0 Å². The maximum atomic E-state index is 13.1. The molecule has 1 atom stereocenters. The number of nitrogens with zero attached hydrogens (tertiary/aromatic N) is 7. The number of likely N-dealkylation sites (N-methyl/N-ethyl adjacent to an activating group) is 1. The van der Waals surface area contributed by atoms with Crippen LogP contribution in [0.1, 0.15) is 33.0 Å². The number of fused-ring (bicyclic) bond motifs is 2. The number of amides is 1. The van der Waals surface area contributed by atoms with E-state index in [9.17, 15) is 9.59 Å². The van der Waals surface area contributed by atoms with Crippen molar-refractivity contribution in [2.45, 2.75) is 45.8 Å². The minimum absolute atomic E-state index is 0.0370. The molecule has 3 aromatic heterocycles. The number of anilines is 3. The highest BCUT2D eigenvalue weighted by Gasteiger charge is 2.27. The van der Waals surface area contributed by atoms with E-state index in [1.807, 2.05) is 95.2 Å². The number of aryl methyl sites for hydroxylation is 1. The molecule has 1 aliphatic rings. The van der Waals surface area contributed by atoms with Crippen LogP contribution in [0.5, 0.6) is 0 Å². The number of carbonyl (C=O) groups excluding carboxylic acids is 2. The highest BCUT2D eigenvalue weighted by Crippen LogP contribution is 2.35. The quantitative estimate of drug-likeness (QED) is 0.174. The second kappa shape index (κ2) is 13.8. The number of hydrogen-bond acceptors (Lipinski definition) is 10. The number of ether oxygens (including phenoxy) is 1. The van der Waals surface area contributed by atoms with Crippen molar-refractivity contribution in [3.05, 3.63) is 77.9 Å². The van der Waals surface area contributed by atoms with Crippen LogP contribution in [0, 0.1) is 6.92 Å². The number of benzene rings is 2. The summed E-state index contributed by atoms with van der Waals surface area (Å²) in [5, 5.41) is 8.49. The molecule has 0 bridgehead atoms. The number of nitrogens with one attached hydrogen (secondary N) is 2. The van der Waals surface area contributed by atoms with Gasteiger partial charge in [-0.05, 0) is 72.5 Å². The largest absolute Gasteiger partial charge is 0.443 e. The summed E-state index contributed by atoms with van der Waals surface area (Å²) in [4.78, 5) is 48.5. The lowest BCUT2D eigenvalue weighted by atomic mass is 10.1. The van der Waals surface area contributed by atoms with Gasteiger partial charge in [-0.2, -0.15) is 0 Å². The van der Waals surface area contributed by atoms with Gasteiger partial charge in [-0.1, -0.05) is 35.9 Å². The topological polar surface area (TPSA) is 130 Å². The molecule has 0 saturated carbocycles. The van der Waals surface area contributed by atoms with Crippen molar-refractivity contribution in [3.63, 3.8) is 0 Å². The molecule has 0 aliphatic carbocycles. The molecule has 1 amide bonds. The summed E-state index contributed by atoms with van der Waals surface area (Å²) in [5.41, 5.74) is 2.68. The summed E-state index contributed by atoms with van der Waals surface area (Å²) in [7, 11) is 3.89. The van der Waals surface area contributed by atoms with Gasteiger partial charge in [0.2, 0.25) is 11.9 Å². The average molecular weight is 682 g/mol. The third-order valence-electron chi connectivity index (χ3n) is 7.92. The molecule has 2 aromatic carbocycles. The zero-order valence-electron chi connectivity index (χ0n) is 28.5. The molecule has 0 spiro atoms. The summed E-state index contributed by atoms with van der Waals surface area (Å²) in [6.07, 6.45) is 7.00. The summed E-state index contributed by atoms with van der Waals surface area (Å²) in [5.74, 6) is 1.72. The Morgan fingerprint density at radius 3 is 2.67 bits per heavy atom. The van der Waals surface area contributed by atoms with Crippen molar-refractivity contribution < 1.29 is 14.3 Å². The molecular weight excluding hydrogens is 642 g/mol. The summed E-state index contributed by atoms with van der Waals surface area (Å²) in [6.45, 7) is 9.48. The number of halogens is 1. The molecule has 2 N–H and O–H groups in total. The van der Waals surface area contributed by atoms with Gasteiger partial charge in [0.05, 0.1) is 27.9 Å². The first-order valence-corrected chi connectivity index (χ1v) is 16.5. The highest BCUT2D eigenvalue weighted by atomic mass is 35.5. The molecule has 5 aromatic rings. The van der Waals surface area contributed by atoms with Gasteiger partial charge >= 0.3 is 6.09 Å². The molecule has 6 rings (SSSR count). The third-order valence-corrected chi connectivity index (χ3v) is 8.19. The van der Waals surface area contributed by atoms with Crippen molar-refractivity contribution in [3.8, 4) is 11.3 Å². The monoisotopic (exact) mass is 681 g/mol. The summed E-state index contributed by atoms with van der Waals surface area (Å²) >= 11 is 6.66. The Morgan fingerprint density at radius 1 is 1.10 bits per heavy atom. The number of para-hydroxylation sites is 1. The van der Waals surface area contributed by atoms with Crippen LogP contribution in [0.25, 0.3) is 33.1 Å². The van der Waals surface area contributed by atoms with Crippen LogP contribution in [0.4, 0.5) is 22.2 Å².